The van der Waals surface area contributed by atoms with Crippen LogP contribution in [-0.4, -0.2) is 49.0 Å². The van der Waals surface area contributed by atoms with Crippen LogP contribution in [0.15, 0.2) is 24.5 Å². The average molecular weight is 299 g/mol. The molecule has 20 heavy (non-hydrogen) atoms. The number of rotatable bonds is 7. The van der Waals surface area contributed by atoms with E-state index in [1.54, 1.807) is 18.3 Å². The summed E-state index contributed by atoms with van der Waals surface area (Å²) >= 11 is 0. The number of amides is 1. The van der Waals surface area contributed by atoms with E-state index in [0.29, 0.717) is 5.56 Å². The maximum Gasteiger partial charge on any atom is 0.252 e. The molecule has 7 heteroatoms. The molecule has 0 aliphatic rings. The Morgan fingerprint density at radius 1 is 1.50 bits per heavy atom. The fraction of sp³-hybridized carbons (Fsp3) is 0.538. The molecular weight excluding hydrogens is 278 g/mol. The molecule has 112 valence electrons. The topological polar surface area (TPSA) is 79.4 Å². The zero-order valence-corrected chi connectivity index (χ0v) is 12.9. The quantitative estimate of drug-likeness (QED) is 0.810. The van der Waals surface area contributed by atoms with Gasteiger partial charge in [0.05, 0.1) is 11.8 Å². The van der Waals surface area contributed by atoms with E-state index in [1.807, 2.05) is 13.8 Å². The Kier molecular flexibility index (Phi) is 6.09. The number of hydrogen-bond donors (Lipinski definition) is 1. The second-order valence-corrected chi connectivity index (χ2v) is 6.56. The zero-order chi connectivity index (χ0) is 15.2. The smallest absolute Gasteiger partial charge is 0.252 e. The summed E-state index contributed by atoms with van der Waals surface area (Å²) in [4.78, 5) is 15.7. The predicted molar refractivity (Wildman–Crippen MR) is 77.9 cm³/mol. The third kappa shape index (κ3) is 4.90. The summed E-state index contributed by atoms with van der Waals surface area (Å²) in [5.41, 5.74) is 0.460. The van der Waals surface area contributed by atoms with E-state index in [9.17, 15) is 13.2 Å². The van der Waals surface area contributed by atoms with Crippen LogP contribution in [-0.2, 0) is 10.0 Å². The van der Waals surface area contributed by atoms with Crippen molar-refractivity contribution in [3.05, 3.63) is 30.1 Å². The van der Waals surface area contributed by atoms with Crippen LogP contribution in [0.1, 0.15) is 30.6 Å². The standard InChI is InChI=1S/C13H21N3O3S/c1-4-11(2)16(20(3,18)19)9-8-15-13(17)12-6-5-7-14-10-12/h5-7,10-11H,4,8-9H2,1-3H3,(H,15,17). The van der Waals surface area contributed by atoms with E-state index >= 15 is 0 Å². The first-order valence-corrected chi connectivity index (χ1v) is 8.36. The highest BCUT2D eigenvalue weighted by atomic mass is 32.2. The van der Waals surface area contributed by atoms with Crippen molar-refractivity contribution >= 4 is 15.9 Å². The van der Waals surface area contributed by atoms with Crippen LogP contribution in [0, 0.1) is 0 Å². The molecular formula is C13H21N3O3S. The van der Waals surface area contributed by atoms with E-state index in [-0.39, 0.29) is 25.0 Å². The first-order valence-electron chi connectivity index (χ1n) is 6.51. The average Bonchev–Trinajstić information content (AvgIpc) is 2.42. The van der Waals surface area contributed by atoms with Gasteiger partial charge in [-0.2, -0.15) is 4.31 Å². The van der Waals surface area contributed by atoms with Gasteiger partial charge in [-0.05, 0) is 25.5 Å². The van der Waals surface area contributed by atoms with E-state index < -0.39 is 10.0 Å². The number of nitrogens with one attached hydrogen (secondary N) is 1. The van der Waals surface area contributed by atoms with Gasteiger partial charge in [0.2, 0.25) is 10.0 Å². The Morgan fingerprint density at radius 2 is 2.20 bits per heavy atom. The fourth-order valence-corrected chi connectivity index (χ4v) is 3.02. The molecule has 0 radical (unpaired) electrons. The monoisotopic (exact) mass is 299 g/mol. The van der Waals surface area contributed by atoms with Crippen molar-refractivity contribution in [2.75, 3.05) is 19.3 Å². The van der Waals surface area contributed by atoms with Crippen molar-refractivity contribution in [2.24, 2.45) is 0 Å². The molecule has 1 atom stereocenters. The Bertz CT molecular complexity index is 531. The molecule has 0 saturated heterocycles. The summed E-state index contributed by atoms with van der Waals surface area (Å²) in [6, 6.07) is 3.25. The maximum atomic E-state index is 11.8. The molecule has 1 aromatic heterocycles. The van der Waals surface area contributed by atoms with Crippen LogP contribution in [0.5, 0.6) is 0 Å². The number of pyridine rings is 1. The third-order valence-electron chi connectivity index (χ3n) is 3.05. The van der Waals surface area contributed by atoms with Gasteiger partial charge in [-0.25, -0.2) is 8.42 Å². The van der Waals surface area contributed by atoms with Crippen LogP contribution >= 0.6 is 0 Å². The van der Waals surface area contributed by atoms with Gasteiger partial charge in [-0.1, -0.05) is 6.92 Å². The van der Waals surface area contributed by atoms with Crippen molar-refractivity contribution in [3.63, 3.8) is 0 Å². The summed E-state index contributed by atoms with van der Waals surface area (Å²) < 4.78 is 24.8. The molecule has 0 saturated carbocycles. The molecule has 0 bridgehead atoms. The van der Waals surface area contributed by atoms with Crippen molar-refractivity contribution in [3.8, 4) is 0 Å². The lowest BCUT2D eigenvalue weighted by molar-refractivity contribution is 0.0950. The summed E-state index contributed by atoms with van der Waals surface area (Å²) in [7, 11) is -3.27. The molecule has 0 aliphatic carbocycles. The van der Waals surface area contributed by atoms with Gasteiger partial charge in [0, 0.05) is 31.5 Å². The summed E-state index contributed by atoms with van der Waals surface area (Å²) in [5.74, 6) is -0.254. The van der Waals surface area contributed by atoms with E-state index in [4.69, 9.17) is 0 Å². The van der Waals surface area contributed by atoms with Gasteiger partial charge in [0.1, 0.15) is 0 Å². The predicted octanol–water partition coefficient (Wildman–Crippen LogP) is 0.872. The van der Waals surface area contributed by atoms with Gasteiger partial charge in [0.25, 0.3) is 5.91 Å². The van der Waals surface area contributed by atoms with Crippen molar-refractivity contribution < 1.29 is 13.2 Å². The molecule has 1 aromatic rings. The lowest BCUT2D eigenvalue weighted by Crippen LogP contribution is -2.42. The molecule has 0 aliphatic heterocycles. The molecule has 0 spiro atoms. The van der Waals surface area contributed by atoms with E-state index in [2.05, 4.69) is 10.3 Å². The summed E-state index contributed by atoms with van der Waals surface area (Å²) in [6.07, 6.45) is 4.97. The van der Waals surface area contributed by atoms with Crippen LogP contribution in [0.3, 0.4) is 0 Å². The molecule has 0 aromatic carbocycles. The largest absolute Gasteiger partial charge is 0.351 e. The Balaban J connectivity index is 2.55. The van der Waals surface area contributed by atoms with Gasteiger partial charge in [-0.3, -0.25) is 9.78 Å². The highest BCUT2D eigenvalue weighted by molar-refractivity contribution is 7.88. The van der Waals surface area contributed by atoms with Gasteiger partial charge in [-0.15, -0.1) is 0 Å². The van der Waals surface area contributed by atoms with E-state index in [1.165, 1.54) is 16.8 Å². The minimum atomic E-state index is -3.27. The van der Waals surface area contributed by atoms with Crippen molar-refractivity contribution in [1.29, 1.82) is 0 Å². The minimum Gasteiger partial charge on any atom is -0.351 e. The molecule has 1 heterocycles. The lowest BCUT2D eigenvalue weighted by atomic mass is 10.2. The summed E-state index contributed by atoms with van der Waals surface area (Å²) in [5, 5.41) is 2.70. The van der Waals surface area contributed by atoms with Gasteiger partial charge >= 0.3 is 0 Å². The van der Waals surface area contributed by atoms with E-state index in [0.717, 1.165) is 6.42 Å². The second kappa shape index (κ2) is 7.35. The molecule has 1 unspecified atom stereocenters. The van der Waals surface area contributed by atoms with Gasteiger partial charge < -0.3 is 5.32 Å². The first-order chi connectivity index (χ1) is 9.36. The van der Waals surface area contributed by atoms with Gasteiger partial charge in [0.15, 0.2) is 0 Å². The third-order valence-corrected chi connectivity index (χ3v) is 4.44. The highest BCUT2D eigenvalue weighted by Gasteiger charge is 2.21. The second-order valence-electron chi connectivity index (χ2n) is 4.63. The number of aromatic nitrogens is 1. The molecule has 1 N–H and O–H groups in total. The lowest BCUT2D eigenvalue weighted by Gasteiger charge is -2.25. The Hall–Kier alpha value is -1.47. The van der Waals surface area contributed by atoms with Crippen molar-refractivity contribution in [1.82, 2.24) is 14.6 Å². The Morgan fingerprint density at radius 3 is 2.70 bits per heavy atom. The van der Waals surface area contributed by atoms with Crippen LogP contribution in [0.2, 0.25) is 0 Å². The minimum absolute atomic E-state index is 0.0831. The maximum absolute atomic E-state index is 11.8. The van der Waals surface area contributed by atoms with Crippen LogP contribution in [0.25, 0.3) is 0 Å². The molecule has 0 fully saturated rings. The van der Waals surface area contributed by atoms with Crippen molar-refractivity contribution in [2.45, 2.75) is 26.3 Å². The highest BCUT2D eigenvalue weighted by Crippen LogP contribution is 2.07. The number of hydrogen-bond acceptors (Lipinski definition) is 4. The molecule has 1 amide bonds. The number of nitrogens with zero attached hydrogens (tertiary/aromatic N) is 2. The number of carbonyl (C=O) groups is 1. The zero-order valence-electron chi connectivity index (χ0n) is 12.0. The normalized spacial score (nSPS) is 13.2. The first kappa shape index (κ1) is 16.6. The molecule has 6 nitrogen and oxygen atoms in total. The fourth-order valence-electron chi connectivity index (χ4n) is 1.80. The SMILES string of the molecule is CCC(C)N(CCNC(=O)c1cccnc1)S(C)(=O)=O. The summed E-state index contributed by atoms with van der Waals surface area (Å²) in [6.45, 7) is 4.31. The number of carbonyl (C=O) groups excluding carboxylic acids is 1. The Labute approximate surface area is 120 Å². The van der Waals surface area contributed by atoms with Crippen LogP contribution < -0.4 is 5.32 Å². The molecule has 1 rings (SSSR count). The van der Waals surface area contributed by atoms with Crippen LogP contribution in [0.4, 0.5) is 0 Å². The number of sulfonamides is 1.